The molecule has 152 valence electrons. The van der Waals surface area contributed by atoms with Gasteiger partial charge in [0.25, 0.3) is 5.91 Å². The molecule has 1 amide bonds. The number of carbonyl (C=O) groups is 1. The number of hydrogen-bond acceptors (Lipinski definition) is 3. The minimum absolute atomic E-state index is 0.0722. The lowest BCUT2D eigenvalue weighted by Crippen LogP contribution is -2.27. The summed E-state index contributed by atoms with van der Waals surface area (Å²) < 4.78 is 3.87. The standard InChI is InChI=1S/C23H29N5O/c1-16-19(17(2)27(3)25-16)14-15-24-23(29)22-20-12-8-5-9-13-21(20)28(26-22)18-10-6-4-7-11-18/h4,6-7,10-11H,5,8-9,12-15H2,1-3H3,(H,24,29). The van der Waals surface area contributed by atoms with Gasteiger partial charge in [0.15, 0.2) is 5.69 Å². The van der Waals surface area contributed by atoms with Crippen molar-refractivity contribution in [2.24, 2.45) is 7.05 Å². The van der Waals surface area contributed by atoms with Crippen molar-refractivity contribution in [3.05, 3.63) is 64.2 Å². The molecule has 0 unspecified atom stereocenters. The van der Waals surface area contributed by atoms with Crippen molar-refractivity contribution in [1.82, 2.24) is 24.9 Å². The van der Waals surface area contributed by atoms with Gasteiger partial charge in [-0.25, -0.2) is 4.68 Å². The molecule has 0 saturated carbocycles. The average molecular weight is 392 g/mol. The third kappa shape index (κ3) is 3.84. The average Bonchev–Trinajstić information content (AvgIpc) is 3.07. The van der Waals surface area contributed by atoms with E-state index in [2.05, 4.69) is 17.3 Å². The fourth-order valence-electron chi connectivity index (χ4n) is 4.30. The van der Waals surface area contributed by atoms with Crippen LogP contribution in [0.15, 0.2) is 30.3 Å². The number of fused-ring (bicyclic) bond motifs is 1. The summed E-state index contributed by atoms with van der Waals surface area (Å²) in [5.74, 6) is -0.0722. The third-order valence-corrected chi connectivity index (χ3v) is 5.97. The zero-order valence-electron chi connectivity index (χ0n) is 17.5. The molecule has 29 heavy (non-hydrogen) atoms. The molecule has 1 aromatic carbocycles. The van der Waals surface area contributed by atoms with Gasteiger partial charge in [-0.1, -0.05) is 24.6 Å². The topological polar surface area (TPSA) is 64.7 Å². The van der Waals surface area contributed by atoms with Crippen LogP contribution in [0.25, 0.3) is 5.69 Å². The SMILES string of the molecule is Cc1nn(C)c(C)c1CCNC(=O)c1nn(-c2ccccc2)c2c1CCCCC2. The van der Waals surface area contributed by atoms with Crippen LogP contribution in [0, 0.1) is 13.8 Å². The van der Waals surface area contributed by atoms with Gasteiger partial charge in [-0.3, -0.25) is 9.48 Å². The van der Waals surface area contributed by atoms with Crippen molar-refractivity contribution in [2.45, 2.75) is 52.4 Å². The van der Waals surface area contributed by atoms with Gasteiger partial charge in [0.2, 0.25) is 0 Å². The first kappa shape index (κ1) is 19.4. The first-order valence-electron chi connectivity index (χ1n) is 10.5. The molecule has 0 aliphatic heterocycles. The lowest BCUT2D eigenvalue weighted by Gasteiger charge is -2.06. The summed E-state index contributed by atoms with van der Waals surface area (Å²) in [7, 11) is 1.95. The minimum Gasteiger partial charge on any atom is -0.350 e. The molecular weight excluding hydrogens is 362 g/mol. The lowest BCUT2D eigenvalue weighted by molar-refractivity contribution is 0.0947. The number of para-hydroxylation sites is 1. The summed E-state index contributed by atoms with van der Waals surface area (Å²) in [6.07, 6.45) is 6.13. The molecule has 6 nitrogen and oxygen atoms in total. The minimum atomic E-state index is -0.0722. The zero-order valence-corrected chi connectivity index (χ0v) is 17.5. The molecule has 1 aliphatic rings. The van der Waals surface area contributed by atoms with E-state index in [0.717, 1.165) is 54.7 Å². The molecule has 4 rings (SSSR count). The fourth-order valence-corrected chi connectivity index (χ4v) is 4.30. The molecule has 0 spiro atoms. The fraction of sp³-hybridized carbons (Fsp3) is 0.435. The molecule has 0 atom stereocenters. The number of benzene rings is 1. The molecule has 2 aromatic heterocycles. The van der Waals surface area contributed by atoms with E-state index in [1.165, 1.54) is 17.7 Å². The first-order chi connectivity index (χ1) is 14.1. The van der Waals surface area contributed by atoms with Crippen LogP contribution in [0.4, 0.5) is 0 Å². The number of nitrogens with one attached hydrogen (secondary N) is 1. The van der Waals surface area contributed by atoms with E-state index in [1.54, 1.807) is 0 Å². The summed E-state index contributed by atoms with van der Waals surface area (Å²) in [6.45, 7) is 4.67. The Morgan fingerprint density at radius 2 is 1.83 bits per heavy atom. The van der Waals surface area contributed by atoms with Crippen molar-refractivity contribution in [3.8, 4) is 5.69 Å². The zero-order chi connectivity index (χ0) is 20.4. The summed E-state index contributed by atoms with van der Waals surface area (Å²) in [4.78, 5) is 13.0. The Labute approximate surface area is 171 Å². The third-order valence-electron chi connectivity index (χ3n) is 5.97. The van der Waals surface area contributed by atoms with Gasteiger partial charge in [0.1, 0.15) is 0 Å². The normalized spacial score (nSPS) is 13.8. The van der Waals surface area contributed by atoms with E-state index < -0.39 is 0 Å². The Hall–Kier alpha value is -2.89. The van der Waals surface area contributed by atoms with Crippen molar-refractivity contribution in [1.29, 1.82) is 0 Å². The largest absolute Gasteiger partial charge is 0.350 e. The van der Waals surface area contributed by atoms with Gasteiger partial charge in [-0.05, 0) is 63.6 Å². The van der Waals surface area contributed by atoms with Gasteiger partial charge in [-0.15, -0.1) is 0 Å². The predicted molar refractivity (Wildman–Crippen MR) is 114 cm³/mol. The van der Waals surface area contributed by atoms with Crippen LogP contribution < -0.4 is 5.32 Å². The number of amides is 1. The van der Waals surface area contributed by atoms with Gasteiger partial charge < -0.3 is 5.32 Å². The second-order valence-electron chi connectivity index (χ2n) is 7.86. The van der Waals surface area contributed by atoms with Crippen LogP contribution in [0.5, 0.6) is 0 Å². The van der Waals surface area contributed by atoms with Gasteiger partial charge in [0, 0.05) is 30.5 Å². The van der Waals surface area contributed by atoms with Crippen molar-refractivity contribution in [3.63, 3.8) is 0 Å². The van der Waals surface area contributed by atoms with E-state index in [1.807, 2.05) is 53.7 Å². The Bertz CT molecular complexity index is 1020. The number of aryl methyl sites for hydroxylation is 2. The lowest BCUT2D eigenvalue weighted by atomic mass is 10.1. The van der Waals surface area contributed by atoms with E-state index in [9.17, 15) is 4.79 Å². The summed E-state index contributed by atoms with van der Waals surface area (Å²) in [5.41, 5.74) is 7.31. The Morgan fingerprint density at radius 3 is 2.55 bits per heavy atom. The Morgan fingerprint density at radius 1 is 1.07 bits per heavy atom. The van der Waals surface area contributed by atoms with Crippen molar-refractivity contribution in [2.75, 3.05) is 6.54 Å². The van der Waals surface area contributed by atoms with Crippen LogP contribution in [0.1, 0.15) is 58.0 Å². The van der Waals surface area contributed by atoms with Gasteiger partial charge >= 0.3 is 0 Å². The molecule has 0 saturated heterocycles. The second-order valence-corrected chi connectivity index (χ2v) is 7.86. The van der Waals surface area contributed by atoms with Crippen molar-refractivity contribution < 1.29 is 4.79 Å². The van der Waals surface area contributed by atoms with Crippen LogP contribution in [0.2, 0.25) is 0 Å². The predicted octanol–water partition coefficient (Wildman–Crippen LogP) is 3.46. The smallest absolute Gasteiger partial charge is 0.272 e. The van der Waals surface area contributed by atoms with Gasteiger partial charge in [-0.2, -0.15) is 10.2 Å². The summed E-state index contributed by atoms with van der Waals surface area (Å²) >= 11 is 0. The van der Waals surface area contributed by atoms with E-state index in [4.69, 9.17) is 5.10 Å². The highest BCUT2D eigenvalue weighted by Gasteiger charge is 2.24. The Balaban J connectivity index is 1.56. The maximum absolute atomic E-state index is 13.0. The maximum atomic E-state index is 13.0. The van der Waals surface area contributed by atoms with Crippen LogP contribution in [0.3, 0.4) is 0 Å². The van der Waals surface area contributed by atoms with Crippen LogP contribution >= 0.6 is 0 Å². The first-order valence-corrected chi connectivity index (χ1v) is 10.5. The number of carbonyl (C=O) groups excluding carboxylic acids is 1. The highest BCUT2D eigenvalue weighted by Crippen LogP contribution is 2.26. The van der Waals surface area contributed by atoms with Gasteiger partial charge in [0.05, 0.1) is 11.4 Å². The highest BCUT2D eigenvalue weighted by molar-refractivity contribution is 5.94. The number of hydrogen-bond donors (Lipinski definition) is 1. The summed E-state index contributed by atoms with van der Waals surface area (Å²) in [6, 6.07) is 10.1. The monoisotopic (exact) mass is 391 g/mol. The highest BCUT2D eigenvalue weighted by atomic mass is 16.1. The van der Waals surface area contributed by atoms with Crippen molar-refractivity contribution >= 4 is 5.91 Å². The maximum Gasteiger partial charge on any atom is 0.272 e. The summed E-state index contributed by atoms with van der Waals surface area (Å²) in [5, 5.41) is 12.3. The molecule has 3 aromatic rings. The molecule has 1 N–H and O–H groups in total. The number of nitrogens with zero attached hydrogens (tertiary/aromatic N) is 4. The molecular formula is C23H29N5O. The Kier molecular flexibility index (Phi) is 5.51. The number of aromatic nitrogens is 4. The molecule has 2 heterocycles. The van der Waals surface area contributed by atoms with Crippen LogP contribution in [-0.4, -0.2) is 32.0 Å². The number of rotatable bonds is 5. The molecule has 0 bridgehead atoms. The molecule has 6 heteroatoms. The second kappa shape index (κ2) is 8.23. The quantitative estimate of drug-likeness (QED) is 0.678. The molecule has 0 fully saturated rings. The van der Waals surface area contributed by atoms with Crippen LogP contribution in [-0.2, 0) is 26.3 Å². The molecule has 1 aliphatic carbocycles. The van der Waals surface area contributed by atoms with E-state index in [0.29, 0.717) is 12.2 Å². The van der Waals surface area contributed by atoms with E-state index >= 15 is 0 Å². The molecule has 0 radical (unpaired) electrons. The van der Waals surface area contributed by atoms with E-state index in [-0.39, 0.29) is 5.91 Å².